The maximum absolute atomic E-state index is 12.4. The molecule has 0 unspecified atom stereocenters. The van der Waals surface area contributed by atoms with E-state index >= 15 is 0 Å². The van der Waals surface area contributed by atoms with Crippen molar-refractivity contribution in [1.82, 2.24) is 4.90 Å². The summed E-state index contributed by atoms with van der Waals surface area (Å²) in [4.78, 5) is 16.6. The van der Waals surface area contributed by atoms with Gasteiger partial charge in [0.1, 0.15) is 11.5 Å². The van der Waals surface area contributed by atoms with Gasteiger partial charge in [0.05, 0.1) is 13.0 Å². The second kappa shape index (κ2) is 8.13. The van der Waals surface area contributed by atoms with E-state index in [0.717, 1.165) is 26.2 Å². The highest BCUT2D eigenvalue weighted by Crippen LogP contribution is 2.20. The van der Waals surface area contributed by atoms with Crippen molar-refractivity contribution >= 4 is 11.6 Å². The number of anilines is 1. The van der Waals surface area contributed by atoms with E-state index in [2.05, 4.69) is 36.9 Å². The molecule has 0 atom stereocenters. The van der Waals surface area contributed by atoms with Crippen LogP contribution in [0.2, 0.25) is 0 Å². The quantitative estimate of drug-likeness (QED) is 0.896. The summed E-state index contributed by atoms with van der Waals surface area (Å²) < 4.78 is 5.57. The van der Waals surface area contributed by atoms with Crippen molar-refractivity contribution in [2.45, 2.75) is 20.3 Å². The lowest BCUT2D eigenvalue weighted by atomic mass is 10.1. The molecule has 0 aromatic heterocycles. The molecule has 0 saturated carbocycles. The van der Waals surface area contributed by atoms with Crippen LogP contribution in [-0.2, 0) is 4.79 Å². The van der Waals surface area contributed by atoms with Crippen LogP contribution in [0.3, 0.4) is 0 Å². The van der Waals surface area contributed by atoms with Crippen molar-refractivity contribution in [3.8, 4) is 11.5 Å². The summed E-state index contributed by atoms with van der Waals surface area (Å²) in [7, 11) is 0. The third-order valence-electron chi connectivity index (χ3n) is 4.91. The highest BCUT2D eigenvalue weighted by atomic mass is 16.5. The Balaban J connectivity index is 1.44. The summed E-state index contributed by atoms with van der Waals surface area (Å²) >= 11 is 0. The number of rotatable bonds is 5. The molecule has 1 amide bonds. The molecule has 5 nitrogen and oxygen atoms in total. The Labute approximate surface area is 154 Å². The first-order valence-corrected chi connectivity index (χ1v) is 9.05. The highest BCUT2D eigenvalue weighted by Gasteiger charge is 2.21. The van der Waals surface area contributed by atoms with Crippen LogP contribution < -0.4 is 9.64 Å². The number of carbonyl (C=O) groups is 1. The maximum atomic E-state index is 12.4. The third kappa shape index (κ3) is 4.48. The number of hydrogen-bond acceptors (Lipinski definition) is 4. The van der Waals surface area contributed by atoms with Crippen LogP contribution in [0.4, 0.5) is 5.69 Å². The summed E-state index contributed by atoms with van der Waals surface area (Å²) in [5, 5.41) is 9.25. The Morgan fingerprint density at radius 3 is 2.35 bits per heavy atom. The Bertz CT molecular complexity index is 750. The molecule has 138 valence electrons. The van der Waals surface area contributed by atoms with Gasteiger partial charge in [-0.25, -0.2) is 0 Å². The fourth-order valence-electron chi connectivity index (χ4n) is 3.09. The fourth-order valence-corrected chi connectivity index (χ4v) is 3.09. The molecule has 1 heterocycles. The minimum Gasteiger partial charge on any atom is -0.508 e. The molecule has 1 N–H and O–H groups in total. The Morgan fingerprint density at radius 1 is 1.00 bits per heavy atom. The number of phenolic OH excluding ortho intramolecular Hbond substituents is 1. The first-order chi connectivity index (χ1) is 12.5. The number of aromatic hydroxyl groups is 1. The number of amides is 1. The number of benzene rings is 2. The lowest BCUT2D eigenvalue weighted by Gasteiger charge is -2.36. The van der Waals surface area contributed by atoms with E-state index in [-0.39, 0.29) is 11.7 Å². The zero-order valence-electron chi connectivity index (χ0n) is 15.4. The SMILES string of the molecule is Cc1ccc(N2CCN(C(=O)CCOc3ccc(O)cc3)CC2)cc1C. The summed E-state index contributed by atoms with van der Waals surface area (Å²) in [6.07, 6.45) is 0.366. The van der Waals surface area contributed by atoms with Crippen molar-refractivity contribution in [2.24, 2.45) is 0 Å². The van der Waals surface area contributed by atoms with Crippen LogP contribution in [0.1, 0.15) is 17.5 Å². The summed E-state index contributed by atoms with van der Waals surface area (Å²) in [6, 6.07) is 13.1. The van der Waals surface area contributed by atoms with Crippen molar-refractivity contribution in [1.29, 1.82) is 0 Å². The molecule has 1 aliphatic heterocycles. The number of aryl methyl sites for hydroxylation is 2. The topological polar surface area (TPSA) is 53.0 Å². The van der Waals surface area contributed by atoms with Gasteiger partial charge in [0.25, 0.3) is 0 Å². The summed E-state index contributed by atoms with van der Waals surface area (Å²) in [5.41, 5.74) is 3.83. The normalized spacial score (nSPS) is 14.4. The molecule has 0 bridgehead atoms. The fraction of sp³-hybridized carbons (Fsp3) is 0.381. The zero-order chi connectivity index (χ0) is 18.5. The molecule has 0 aliphatic carbocycles. The molecule has 1 aliphatic rings. The number of piperazine rings is 1. The highest BCUT2D eigenvalue weighted by molar-refractivity contribution is 5.76. The molecule has 2 aromatic carbocycles. The second-order valence-corrected chi connectivity index (χ2v) is 6.73. The van der Waals surface area contributed by atoms with Crippen LogP contribution in [0.15, 0.2) is 42.5 Å². The smallest absolute Gasteiger partial charge is 0.226 e. The van der Waals surface area contributed by atoms with Gasteiger partial charge in [0.2, 0.25) is 5.91 Å². The number of phenols is 1. The molecular weight excluding hydrogens is 328 g/mol. The van der Waals surface area contributed by atoms with Gasteiger partial charge in [0, 0.05) is 31.9 Å². The van der Waals surface area contributed by atoms with Crippen molar-refractivity contribution in [3.05, 3.63) is 53.6 Å². The van der Waals surface area contributed by atoms with Gasteiger partial charge in [-0.15, -0.1) is 0 Å². The number of ether oxygens (including phenoxy) is 1. The average Bonchev–Trinajstić information content (AvgIpc) is 2.65. The minimum atomic E-state index is 0.128. The van der Waals surface area contributed by atoms with Gasteiger partial charge in [-0.05, 0) is 61.4 Å². The van der Waals surface area contributed by atoms with Gasteiger partial charge >= 0.3 is 0 Å². The lowest BCUT2D eigenvalue weighted by molar-refractivity contribution is -0.132. The second-order valence-electron chi connectivity index (χ2n) is 6.73. The largest absolute Gasteiger partial charge is 0.508 e. The van der Waals surface area contributed by atoms with Gasteiger partial charge in [0.15, 0.2) is 0 Å². The molecule has 0 radical (unpaired) electrons. The molecule has 5 heteroatoms. The van der Waals surface area contributed by atoms with E-state index in [9.17, 15) is 9.90 Å². The van der Waals surface area contributed by atoms with E-state index < -0.39 is 0 Å². The Hall–Kier alpha value is -2.69. The number of carbonyl (C=O) groups excluding carboxylic acids is 1. The van der Waals surface area contributed by atoms with E-state index in [1.807, 2.05) is 4.90 Å². The number of nitrogens with zero attached hydrogens (tertiary/aromatic N) is 2. The molecule has 1 saturated heterocycles. The summed E-state index contributed by atoms with van der Waals surface area (Å²) in [6.45, 7) is 7.79. The van der Waals surface area contributed by atoms with Crippen LogP contribution in [0, 0.1) is 13.8 Å². The Kier molecular flexibility index (Phi) is 5.66. The predicted molar refractivity (Wildman–Crippen MR) is 103 cm³/mol. The van der Waals surface area contributed by atoms with Crippen molar-refractivity contribution < 1.29 is 14.6 Å². The standard InChI is InChI=1S/C21H26N2O3/c1-16-3-4-18(15-17(16)2)22-10-12-23(13-11-22)21(25)9-14-26-20-7-5-19(24)6-8-20/h3-8,15,24H,9-14H2,1-2H3. The van der Waals surface area contributed by atoms with Crippen LogP contribution >= 0.6 is 0 Å². The molecular formula is C21H26N2O3. The Morgan fingerprint density at radius 2 is 1.69 bits per heavy atom. The monoisotopic (exact) mass is 354 g/mol. The van der Waals surface area contributed by atoms with Gasteiger partial charge in [-0.2, -0.15) is 0 Å². The van der Waals surface area contributed by atoms with Gasteiger partial charge in [-0.3, -0.25) is 4.79 Å². The third-order valence-corrected chi connectivity index (χ3v) is 4.91. The van der Waals surface area contributed by atoms with E-state index in [1.54, 1.807) is 24.3 Å². The average molecular weight is 354 g/mol. The molecule has 2 aromatic rings. The van der Waals surface area contributed by atoms with Crippen LogP contribution in [-0.4, -0.2) is 48.7 Å². The molecule has 1 fully saturated rings. The molecule has 3 rings (SSSR count). The first kappa shape index (κ1) is 18.1. The van der Waals surface area contributed by atoms with Crippen LogP contribution in [0.5, 0.6) is 11.5 Å². The van der Waals surface area contributed by atoms with E-state index in [4.69, 9.17) is 4.74 Å². The lowest BCUT2D eigenvalue weighted by Crippen LogP contribution is -2.49. The van der Waals surface area contributed by atoms with E-state index in [1.165, 1.54) is 16.8 Å². The predicted octanol–water partition coefficient (Wildman–Crippen LogP) is 3.13. The van der Waals surface area contributed by atoms with Crippen LogP contribution in [0.25, 0.3) is 0 Å². The number of hydrogen-bond donors (Lipinski definition) is 1. The van der Waals surface area contributed by atoms with Crippen molar-refractivity contribution in [2.75, 3.05) is 37.7 Å². The summed E-state index contributed by atoms with van der Waals surface area (Å²) in [5.74, 6) is 0.994. The first-order valence-electron chi connectivity index (χ1n) is 9.05. The van der Waals surface area contributed by atoms with E-state index in [0.29, 0.717) is 18.8 Å². The zero-order valence-corrected chi connectivity index (χ0v) is 15.4. The molecule has 0 spiro atoms. The maximum Gasteiger partial charge on any atom is 0.226 e. The minimum absolute atomic E-state index is 0.128. The van der Waals surface area contributed by atoms with Gasteiger partial charge < -0.3 is 19.6 Å². The van der Waals surface area contributed by atoms with Gasteiger partial charge in [-0.1, -0.05) is 6.07 Å². The molecule has 26 heavy (non-hydrogen) atoms. The van der Waals surface area contributed by atoms with Crippen molar-refractivity contribution in [3.63, 3.8) is 0 Å².